The number of benzene rings is 1. The first kappa shape index (κ1) is 18.8. The molecule has 6 heteroatoms. The van der Waals surface area contributed by atoms with E-state index >= 15 is 0 Å². The van der Waals surface area contributed by atoms with E-state index < -0.39 is 0 Å². The lowest BCUT2D eigenvalue weighted by Gasteiger charge is -2.40. The Bertz CT molecular complexity index is 823. The van der Waals surface area contributed by atoms with Gasteiger partial charge in [-0.3, -0.25) is 4.79 Å². The molecule has 27 heavy (non-hydrogen) atoms. The normalized spacial score (nSPS) is 17.1. The highest BCUT2D eigenvalue weighted by Crippen LogP contribution is 2.19. The van der Waals surface area contributed by atoms with Gasteiger partial charge < -0.3 is 9.80 Å². The maximum atomic E-state index is 12.7. The molecule has 2 aromatic rings. The van der Waals surface area contributed by atoms with Gasteiger partial charge in [0.15, 0.2) is 11.5 Å². The van der Waals surface area contributed by atoms with E-state index in [9.17, 15) is 4.79 Å². The highest BCUT2D eigenvalue weighted by molar-refractivity contribution is 5.79. The Kier molecular flexibility index (Phi) is 5.70. The largest absolute Gasteiger partial charge is 0.349 e. The molecule has 0 unspecified atom stereocenters. The first-order valence-corrected chi connectivity index (χ1v) is 9.35. The average molecular weight is 363 g/mol. The summed E-state index contributed by atoms with van der Waals surface area (Å²) in [5, 5.41) is 16.9. The van der Waals surface area contributed by atoms with E-state index in [2.05, 4.69) is 60.1 Å². The summed E-state index contributed by atoms with van der Waals surface area (Å²) in [7, 11) is 0. The van der Waals surface area contributed by atoms with Gasteiger partial charge in [-0.15, -0.1) is 10.2 Å². The molecule has 0 N–H and O–H groups in total. The molecule has 0 bridgehead atoms. The highest BCUT2D eigenvalue weighted by atomic mass is 16.2. The van der Waals surface area contributed by atoms with Crippen molar-refractivity contribution in [3.63, 3.8) is 0 Å². The fourth-order valence-corrected chi connectivity index (χ4v) is 3.37. The molecule has 1 fully saturated rings. The van der Waals surface area contributed by atoms with Crippen molar-refractivity contribution >= 4 is 11.7 Å². The predicted octanol–water partition coefficient (Wildman–Crippen LogP) is 2.75. The predicted molar refractivity (Wildman–Crippen MR) is 104 cm³/mol. The van der Waals surface area contributed by atoms with E-state index in [1.807, 2.05) is 17.0 Å². The summed E-state index contributed by atoms with van der Waals surface area (Å²) >= 11 is 0. The fraction of sp³-hybridized carbons (Fsp3) is 0.429. The number of aromatic nitrogens is 2. The molecular formula is C21H25N5O. The molecule has 0 aliphatic carbocycles. The Labute approximate surface area is 160 Å². The van der Waals surface area contributed by atoms with Crippen LogP contribution in [0.25, 0.3) is 0 Å². The number of hydrogen-bond acceptors (Lipinski definition) is 5. The van der Waals surface area contributed by atoms with E-state index in [1.165, 1.54) is 5.56 Å². The van der Waals surface area contributed by atoms with E-state index in [4.69, 9.17) is 5.26 Å². The van der Waals surface area contributed by atoms with Crippen molar-refractivity contribution in [3.8, 4) is 6.07 Å². The minimum Gasteiger partial charge on any atom is -0.349 e. The fourth-order valence-electron chi connectivity index (χ4n) is 3.37. The molecule has 3 rings (SSSR count). The van der Waals surface area contributed by atoms with Gasteiger partial charge >= 0.3 is 0 Å². The van der Waals surface area contributed by atoms with Crippen molar-refractivity contribution in [1.82, 2.24) is 15.1 Å². The second-order valence-electron chi connectivity index (χ2n) is 7.34. The van der Waals surface area contributed by atoms with Crippen LogP contribution in [-0.4, -0.2) is 46.7 Å². The first-order valence-electron chi connectivity index (χ1n) is 9.35. The second kappa shape index (κ2) is 8.17. The summed E-state index contributed by atoms with van der Waals surface area (Å²) in [5.41, 5.74) is 2.65. The quantitative estimate of drug-likeness (QED) is 0.835. The molecule has 1 saturated heterocycles. The third kappa shape index (κ3) is 4.43. The molecule has 0 spiro atoms. The smallest absolute Gasteiger partial charge is 0.227 e. The zero-order chi connectivity index (χ0) is 19.4. The van der Waals surface area contributed by atoms with E-state index in [-0.39, 0.29) is 11.9 Å². The summed E-state index contributed by atoms with van der Waals surface area (Å²) in [6.07, 6.45) is 0.432. The van der Waals surface area contributed by atoms with Gasteiger partial charge in [-0.25, -0.2) is 0 Å². The van der Waals surface area contributed by atoms with Crippen LogP contribution in [0.5, 0.6) is 0 Å². The molecule has 1 aliphatic rings. The van der Waals surface area contributed by atoms with Crippen molar-refractivity contribution < 1.29 is 4.79 Å². The van der Waals surface area contributed by atoms with Crippen molar-refractivity contribution in [2.75, 3.05) is 24.5 Å². The van der Waals surface area contributed by atoms with E-state index in [0.717, 1.165) is 11.4 Å². The molecule has 1 atom stereocenters. The minimum absolute atomic E-state index is 0.147. The summed E-state index contributed by atoms with van der Waals surface area (Å²) in [4.78, 5) is 16.8. The van der Waals surface area contributed by atoms with Gasteiger partial charge in [-0.05, 0) is 36.1 Å². The van der Waals surface area contributed by atoms with Crippen molar-refractivity contribution in [3.05, 3.63) is 53.2 Å². The van der Waals surface area contributed by atoms with Crippen LogP contribution in [-0.2, 0) is 11.2 Å². The number of amides is 1. The van der Waals surface area contributed by atoms with Crippen LogP contribution in [0.15, 0.2) is 36.4 Å². The molecule has 0 radical (unpaired) electrons. The van der Waals surface area contributed by atoms with E-state index in [0.29, 0.717) is 37.7 Å². The summed E-state index contributed by atoms with van der Waals surface area (Å²) < 4.78 is 0. The van der Waals surface area contributed by atoms with Crippen LogP contribution < -0.4 is 4.90 Å². The SMILES string of the molecule is CC(C)c1ccc(CC(=O)N2CCN(c3ccc(C#N)nn3)[C@H](C)C2)cc1. The molecule has 1 aromatic heterocycles. The second-order valence-corrected chi connectivity index (χ2v) is 7.34. The number of rotatable bonds is 4. The zero-order valence-corrected chi connectivity index (χ0v) is 16.1. The molecule has 1 amide bonds. The third-order valence-corrected chi connectivity index (χ3v) is 5.04. The average Bonchev–Trinajstić information content (AvgIpc) is 2.68. The minimum atomic E-state index is 0.147. The topological polar surface area (TPSA) is 73.1 Å². The molecule has 0 saturated carbocycles. The Morgan fingerprint density at radius 3 is 2.48 bits per heavy atom. The van der Waals surface area contributed by atoms with Gasteiger partial charge in [0.05, 0.1) is 6.42 Å². The van der Waals surface area contributed by atoms with Crippen LogP contribution in [0, 0.1) is 11.3 Å². The van der Waals surface area contributed by atoms with Crippen molar-refractivity contribution in [2.45, 2.75) is 39.2 Å². The van der Waals surface area contributed by atoms with Crippen molar-refractivity contribution in [2.24, 2.45) is 0 Å². The number of hydrogen-bond donors (Lipinski definition) is 0. The monoisotopic (exact) mass is 363 g/mol. The first-order chi connectivity index (χ1) is 13.0. The number of piperazine rings is 1. The Balaban J connectivity index is 1.59. The molecular weight excluding hydrogens is 338 g/mol. The van der Waals surface area contributed by atoms with Crippen LogP contribution in [0.3, 0.4) is 0 Å². The van der Waals surface area contributed by atoms with Gasteiger partial charge in [0.25, 0.3) is 0 Å². The lowest BCUT2D eigenvalue weighted by Crippen LogP contribution is -2.54. The molecule has 140 valence electrons. The van der Waals surface area contributed by atoms with Gasteiger partial charge in [0.1, 0.15) is 6.07 Å². The maximum absolute atomic E-state index is 12.7. The number of nitriles is 1. The van der Waals surface area contributed by atoms with Gasteiger partial charge in [-0.2, -0.15) is 5.26 Å². The zero-order valence-electron chi connectivity index (χ0n) is 16.1. The number of anilines is 1. The lowest BCUT2D eigenvalue weighted by molar-refractivity contribution is -0.131. The third-order valence-electron chi connectivity index (χ3n) is 5.04. The maximum Gasteiger partial charge on any atom is 0.227 e. The Morgan fingerprint density at radius 1 is 1.19 bits per heavy atom. The Morgan fingerprint density at radius 2 is 1.93 bits per heavy atom. The van der Waals surface area contributed by atoms with E-state index in [1.54, 1.807) is 6.07 Å². The number of nitrogens with zero attached hydrogens (tertiary/aromatic N) is 5. The van der Waals surface area contributed by atoms with Crippen molar-refractivity contribution in [1.29, 1.82) is 5.26 Å². The molecule has 2 heterocycles. The van der Waals surface area contributed by atoms with Gasteiger partial charge in [0.2, 0.25) is 5.91 Å². The van der Waals surface area contributed by atoms with Gasteiger partial charge in [-0.1, -0.05) is 38.1 Å². The molecule has 1 aliphatic heterocycles. The highest BCUT2D eigenvalue weighted by Gasteiger charge is 2.27. The summed E-state index contributed by atoms with van der Waals surface area (Å²) in [5.74, 6) is 1.40. The lowest BCUT2D eigenvalue weighted by atomic mass is 10.0. The molecule has 1 aromatic carbocycles. The molecule has 6 nitrogen and oxygen atoms in total. The standard InChI is InChI=1S/C21H25N5O/c1-15(2)18-6-4-17(5-7-18)12-21(27)25-10-11-26(16(3)14-25)20-9-8-19(13-22)23-24-20/h4-9,15-16H,10-12,14H2,1-3H3/t16-/m1/s1. The number of carbonyl (C=O) groups is 1. The van der Waals surface area contributed by atoms with Gasteiger partial charge in [0, 0.05) is 25.7 Å². The van der Waals surface area contributed by atoms with Crippen LogP contribution >= 0.6 is 0 Å². The Hall–Kier alpha value is -2.94. The van der Waals surface area contributed by atoms with Crippen LogP contribution in [0.2, 0.25) is 0 Å². The number of carbonyl (C=O) groups excluding carboxylic acids is 1. The van der Waals surface area contributed by atoms with Crippen LogP contribution in [0.4, 0.5) is 5.82 Å². The van der Waals surface area contributed by atoms with Crippen LogP contribution in [0.1, 0.15) is 43.5 Å². The summed E-state index contributed by atoms with van der Waals surface area (Å²) in [6.45, 7) is 8.44. The summed E-state index contributed by atoms with van der Waals surface area (Å²) in [6, 6.07) is 13.9.